The normalized spacial score (nSPS) is 14.4. The average Bonchev–Trinajstić information content (AvgIpc) is 3.03. The second-order valence-electron chi connectivity index (χ2n) is 4.50. The average molecular weight is 386 g/mol. The van der Waals surface area contributed by atoms with Crippen molar-refractivity contribution in [1.82, 2.24) is 14.9 Å². The third-order valence-corrected chi connectivity index (χ3v) is 9.74. The molecule has 1 aliphatic rings. The minimum Gasteiger partial charge on any atom is -0.325 e. The van der Waals surface area contributed by atoms with Gasteiger partial charge in [-0.25, -0.2) is 0 Å². The first-order valence-corrected chi connectivity index (χ1v) is 11.9. The lowest BCUT2D eigenvalue weighted by Crippen LogP contribution is -2.14. The molecule has 0 unspecified atom stereocenters. The minimum absolute atomic E-state index is 0.540. The van der Waals surface area contributed by atoms with Crippen molar-refractivity contribution in [2.24, 2.45) is 5.10 Å². The van der Waals surface area contributed by atoms with Gasteiger partial charge in [0, 0.05) is 20.0 Å². The molecule has 0 amide bonds. The van der Waals surface area contributed by atoms with Crippen LogP contribution in [0.15, 0.2) is 40.6 Å². The van der Waals surface area contributed by atoms with E-state index in [1.165, 1.54) is 11.4 Å². The molecule has 2 aromatic rings. The summed E-state index contributed by atoms with van der Waals surface area (Å²) in [5, 5.41) is 13.9. The molecule has 0 atom stereocenters. The van der Waals surface area contributed by atoms with Gasteiger partial charge in [0.15, 0.2) is 5.82 Å². The number of thioether (sulfide) groups is 1. The Kier molecular flexibility index (Phi) is 5.56. The molecular formula is C13H15N4O2PS3. The molecule has 0 saturated carbocycles. The molecule has 3 rings (SSSR count). The number of aromatic nitrogens is 3. The SMILES string of the molecule is COP(=S)(OC)SCc1nnc2n1N=C(c1ccccc1)CS2. The molecule has 0 saturated heterocycles. The minimum atomic E-state index is -2.32. The lowest BCUT2D eigenvalue weighted by Gasteiger charge is -2.17. The Morgan fingerprint density at radius 2 is 2.00 bits per heavy atom. The van der Waals surface area contributed by atoms with Gasteiger partial charge in [0.25, 0.3) is 0 Å². The molecule has 23 heavy (non-hydrogen) atoms. The summed E-state index contributed by atoms with van der Waals surface area (Å²) >= 11 is 8.42. The second-order valence-corrected chi connectivity index (χ2v) is 12.0. The predicted molar refractivity (Wildman–Crippen MR) is 98.7 cm³/mol. The first-order chi connectivity index (χ1) is 11.1. The van der Waals surface area contributed by atoms with Crippen molar-refractivity contribution in [2.75, 3.05) is 20.0 Å². The van der Waals surface area contributed by atoms with Crippen molar-refractivity contribution in [3.8, 4) is 0 Å². The third-order valence-electron chi connectivity index (χ3n) is 3.14. The van der Waals surface area contributed by atoms with Crippen LogP contribution < -0.4 is 0 Å². The molecule has 1 aromatic carbocycles. The van der Waals surface area contributed by atoms with Gasteiger partial charge in [-0.15, -0.1) is 10.2 Å². The van der Waals surface area contributed by atoms with Crippen LogP contribution in [0, 0.1) is 0 Å². The van der Waals surface area contributed by atoms with E-state index in [0.717, 1.165) is 28.0 Å². The highest BCUT2D eigenvalue weighted by Gasteiger charge is 2.23. The zero-order chi connectivity index (χ0) is 16.3. The molecule has 122 valence electrons. The second kappa shape index (κ2) is 7.46. The predicted octanol–water partition coefficient (Wildman–Crippen LogP) is 3.39. The van der Waals surface area contributed by atoms with Crippen molar-refractivity contribution in [3.63, 3.8) is 0 Å². The van der Waals surface area contributed by atoms with Gasteiger partial charge in [-0.2, -0.15) is 9.78 Å². The smallest absolute Gasteiger partial charge is 0.247 e. The van der Waals surface area contributed by atoms with Crippen LogP contribution in [0.5, 0.6) is 0 Å². The van der Waals surface area contributed by atoms with Crippen molar-refractivity contribution < 1.29 is 9.05 Å². The maximum Gasteiger partial charge on any atom is 0.247 e. The van der Waals surface area contributed by atoms with Gasteiger partial charge in [0.2, 0.25) is 10.8 Å². The van der Waals surface area contributed by atoms with Crippen LogP contribution in [0.4, 0.5) is 0 Å². The molecule has 0 radical (unpaired) electrons. The van der Waals surface area contributed by atoms with Crippen LogP contribution >= 0.6 is 28.8 Å². The summed E-state index contributed by atoms with van der Waals surface area (Å²) in [6, 6.07) is 10.1. The number of nitrogens with zero attached hydrogens (tertiary/aromatic N) is 4. The highest BCUT2D eigenvalue weighted by atomic mass is 32.9. The quantitative estimate of drug-likeness (QED) is 0.705. The number of benzene rings is 1. The van der Waals surface area contributed by atoms with Crippen molar-refractivity contribution in [1.29, 1.82) is 0 Å². The lowest BCUT2D eigenvalue weighted by molar-refractivity contribution is 0.354. The number of hydrogen-bond acceptors (Lipinski definition) is 8. The fourth-order valence-corrected chi connectivity index (χ4v) is 5.55. The first kappa shape index (κ1) is 17.1. The fourth-order valence-electron chi connectivity index (χ4n) is 1.95. The molecule has 10 heteroatoms. The first-order valence-electron chi connectivity index (χ1n) is 6.71. The summed E-state index contributed by atoms with van der Waals surface area (Å²) in [7, 11) is 3.14. The highest BCUT2D eigenvalue weighted by molar-refractivity contribution is 8.67. The lowest BCUT2D eigenvalue weighted by atomic mass is 10.1. The summed E-state index contributed by atoms with van der Waals surface area (Å²) in [5.74, 6) is 2.07. The Bertz CT molecular complexity index is 758. The van der Waals surface area contributed by atoms with Gasteiger partial charge in [0.1, 0.15) is 0 Å². The van der Waals surface area contributed by atoms with E-state index >= 15 is 0 Å². The van der Waals surface area contributed by atoms with E-state index < -0.39 is 5.69 Å². The Hall–Kier alpha value is -0.700. The van der Waals surface area contributed by atoms with Gasteiger partial charge in [-0.05, 0) is 17.4 Å². The van der Waals surface area contributed by atoms with E-state index in [1.54, 1.807) is 30.7 Å². The molecule has 1 aromatic heterocycles. The summed E-state index contributed by atoms with van der Waals surface area (Å²) in [4.78, 5) is 0. The van der Waals surface area contributed by atoms with E-state index in [4.69, 9.17) is 26.0 Å². The summed E-state index contributed by atoms with van der Waals surface area (Å²) in [5.41, 5.74) is -0.203. The molecule has 1 aliphatic heterocycles. The summed E-state index contributed by atoms with van der Waals surface area (Å²) in [6.07, 6.45) is 0. The van der Waals surface area contributed by atoms with Gasteiger partial charge in [-0.1, -0.05) is 53.5 Å². The van der Waals surface area contributed by atoms with Gasteiger partial charge in [-0.3, -0.25) is 0 Å². The van der Waals surface area contributed by atoms with Gasteiger partial charge in [0.05, 0.1) is 11.5 Å². The van der Waals surface area contributed by atoms with Crippen LogP contribution in [-0.4, -0.2) is 40.6 Å². The summed E-state index contributed by atoms with van der Waals surface area (Å²) in [6.45, 7) is 0. The van der Waals surface area contributed by atoms with E-state index in [2.05, 4.69) is 22.3 Å². The van der Waals surface area contributed by atoms with Crippen LogP contribution in [0.1, 0.15) is 11.4 Å². The van der Waals surface area contributed by atoms with Crippen LogP contribution in [0.3, 0.4) is 0 Å². The standard InChI is InChI=1S/C13H15N4O2PS3/c1-18-20(21,19-2)23-9-12-14-15-13-17(12)16-11(8-22-13)10-6-4-3-5-7-10/h3-7H,8-9H2,1-2H3. The van der Waals surface area contributed by atoms with Crippen molar-refractivity contribution in [2.45, 2.75) is 10.9 Å². The highest BCUT2D eigenvalue weighted by Crippen LogP contribution is 2.60. The third kappa shape index (κ3) is 3.87. The Morgan fingerprint density at radius 3 is 2.70 bits per heavy atom. The van der Waals surface area contributed by atoms with Crippen molar-refractivity contribution in [3.05, 3.63) is 41.7 Å². The van der Waals surface area contributed by atoms with E-state index in [0.29, 0.717) is 5.75 Å². The largest absolute Gasteiger partial charge is 0.325 e. The van der Waals surface area contributed by atoms with Crippen LogP contribution in [0.25, 0.3) is 0 Å². The molecule has 2 heterocycles. The molecule has 6 nitrogen and oxygen atoms in total. The van der Waals surface area contributed by atoms with Crippen molar-refractivity contribution >= 4 is 46.4 Å². The van der Waals surface area contributed by atoms with Crippen LogP contribution in [-0.2, 0) is 26.6 Å². The fraction of sp³-hybridized carbons (Fsp3) is 0.308. The topological polar surface area (TPSA) is 61.5 Å². The van der Waals surface area contributed by atoms with Gasteiger partial charge >= 0.3 is 0 Å². The van der Waals surface area contributed by atoms with E-state index in [9.17, 15) is 0 Å². The Morgan fingerprint density at radius 1 is 1.26 bits per heavy atom. The van der Waals surface area contributed by atoms with E-state index in [-0.39, 0.29) is 0 Å². The molecule has 0 fully saturated rings. The zero-order valence-electron chi connectivity index (χ0n) is 12.6. The molecule has 0 N–H and O–H groups in total. The monoisotopic (exact) mass is 386 g/mol. The number of fused-ring (bicyclic) bond motifs is 1. The number of hydrogen-bond donors (Lipinski definition) is 0. The number of rotatable bonds is 6. The molecule has 0 bridgehead atoms. The Balaban J connectivity index is 1.84. The zero-order valence-corrected chi connectivity index (χ0v) is 15.9. The maximum atomic E-state index is 5.36. The van der Waals surface area contributed by atoms with Crippen LogP contribution in [0.2, 0.25) is 0 Å². The molecule has 0 spiro atoms. The van der Waals surface area contributed by atoms with Gasteiger partial charge < -0.3 is 9.05 Å². The van der Waals surface area contributed by atoms with E-state index in [1.807, 2.05) is 18.2 Å². The Labute approximate surface area is 148 Å². The molecular weight excluding hydrogens is 371 g/mol. The molecule has 0 aliphatic carbocycles. The maximum absolute atomic E-state index is 5.36. The summed E-state index contributed by atoms with van der Waals surface area (Å²) < 4.78 is 12.4.